The Kier molecular flexibility index (Phi) is 5.26. The van der Waals surface area contributed by atoms with Gasteiger partial charge in [-0.25, -0.2) is 4.57 Å². The molecule has 0 fully saturated rings. The van der Waals surface area contributed by atoms with Gasteiger partial charge < -0.3 is 14.7 Å². The highest BCUT2D eigenvalue weighted by molar-refractivity contribution is 8.01. The lowest BCUT2D eigenvalue weighted by Gasteiger charge is -2.38. The predicted molar refractivity (Wildman–Crippen MR) is 126 cm³/mol. The Bertz CT molecular complexity index is 1190. The molecular weight excluding hydrogens is 445 g/mol. The van der Waals surface area contributed by atoms with Gasteiger partial charge in [0.2, 0.25) is 0 Å². The maximum absolute atomic E-state index is 11.9. The van der Waals surface area contributed by atoms with E-state index in [0.29, 0.717) is 17.6 Å². The average molecular weight is 470 g/mol. The Morgan fingerprint density at radius 2 is 2.06 bits per heavy atom. The van der Waals surface area contributed by atoms with Gasteiger partial charge in [-0.2, -0.15) is 5.26 Å². The molecule has 0 aliphatic carbocycles. The Morgan fingerprint density at radius 1 is 1.31 bits per heavy atom. The molecule has 5 rings (SSSR count). The molecule has 0 saturated heterocycles. The lowest BCUT2D eigenvalue weighted by molar-refractivity contribution is 0.281. The van der Waals surface area contributed by atoms with Gasteiger partial charge in [-0.15, -0.1) is 0 Å². The number of fused-ring (bicyclic) bond motifs is 1. The number of phosphoric ester groups is 1. The molecule has 166 valence electrons. The Hall–Kier alpha value is -2.43. The molecule has 0 saturated carbocycles. The first-order chi connectivity index (χ1) is 15.3. The molecule has 2 aromatic carbocycles. The molecule has 0 amide bonds. The van der Waals surface area contributed by atoms with Crippen molar-refractivity contribution in [3.63, 3.8) is 0 Å². The minimum atomic E-state index is -4.78. The van der Waals surface area contributed by atoms with Gasteiger partial charge in [0, 0.05) is 40.5 Å². The monoisotopic (exact) mass is 469 g/mol. The molecule has 2 aromatic rings. The second kappa shape index (κ2) is 7.86. The van der Waals surface area contributed by atoms with Gasteiger partial charge in [-0.1, -0.05) is 23.9 Å². The lowest BCUT2D eigenvalue weighted by atomic mass is 9.88. The van der Waals surface area contributed by atoms with Crippen molar-refractivity contribution >= 4 is 37.0 Å². The molecule has 1 atom stereocenters. The summed E-state index contributed by atoms with van der Waals surface area (Å²) in [6, 6.07) is 12.1. The summed E-state index contributed by atoms with van der Waals surface area (Å²) in [5.41, 5.74) is 5.00. The van der Waals surface area contributed by atoms with Crippen molar-refractivity contribution in [2.75, 3.05) is 23.3 Å². The highest BCUT2D eigenvalue weighted by Gasteiger charge is 2.38. The molecule has 0 bridgehead atoms. The van der Waals surface area contributed by atoms with E-state index in [-0.39, 0.29) is 5.75 Å². The zero-order valence-electron chi connectivity index (χ0n) is 17.7. The molecule has 1 unspecified atom stereocenters. The summed E-state index contributed by atoms with van der Waals surface area (Å²) in [6.45, 7) is 3.82. The third-order valence-electron chi connectivity index (χ3n) is 6.22. The molecule has 7 nitrogen and oxygen atoms in total. The summed E-state index contributed by atoms with van der Waals surface area (Å²) in [5, 5.41) is 13.5. The number of hydrogen-bond acceptors (Lipinski definition) is 6. The zero-order valence-corrected chi connectivity index (χ0v) is 19.4. The lowest BCUT2D eigenvalue weighted by Crippen LogP contribution is -2.34. The summed E-state index contributed by atoms with van der Waals surface area (Å²) < 4.78 is 17.1. The van der Waals surface area contributed by atoms with E-state index in [4.69, 9.17) is 4.52 Å². The molecular formula is C23H24N3O4PS. The van der Waals surface area contributed by atoms with Crippen LogP contribution in [0.25, 0.3) is 6.08 Å². The van der Waals surface area contributed by atoms with Crippen LogP contribution < -0.4 is 14.7 Å². The van der Waals surface area contributed by atoms with E-state index in [1.54, 1.807) is 17.8 Å². The molecule has 0 spiro atoms. The van der Waals surface area contributed by atoms with E-state index < -0.39 is 12.7 Å². The van der Waals surface area contributed by atoms with E-state index in [9.17, 15) is 19.6 Å². The van der Waals surface area contributed by atoms with Crippen LogP contribution in [0, 0.1) is 11.3 Å². The van der Waals surface area contributed by atoms with Crippen LogP contribution in [0.3, 0.4) is 0 Å². The van der Waals surface area contributed by atoms with Crippen molar-refractivity contribution < 1.29 is 18.9 Å². The maximum atomic E-state index is 11.9. The number of benzene rings is 2. The van der Waals surface area contributed by atoms with Crippen LogP contribution in [-0.2, 0) is 17.4 Å². The number of hydrogen-bond donors (Lipinski definition) is 3. The molecule has 32 heavy (non-hydrogen) atoms. The van der Waals surface area contributed by atoms with Crippen molar-refractivity contribution in [1.82, 2.24) is 0 Å². The Morgan fingerprint density at radius 3 is 2.78 bits per heavy atom. The third kappa shape index (κ3) is 3.80. The maximum Gasteiger partial charge on any atom is 0.524 e. The number of thioether (sulfide) groups is 1. The van der Waals surface area contributed by atoms with Crippen LogP contribution in [0.5, 0.6) is 5.75 Å². The zero-order chi connectivity index (χ0) is 22.5. The van der Waals surface area contributed by atoms with Gasteiger partial charge in [0.25, 0.3) is 0 Å². The van der Waals surface area contributed by atoms with Crippen molar-refractivity contribution in [2.45, 2.75) is 42.4 Å². The molecule has 3 heterocycles. The van der Waals surface area contributed by atoms with E-state index in [2.05, 4.69) is 16.3 Å². The minimum Gasteiger partial charge on any atom is -0.403 e. The van der Waals surface area contributed by atoms with Gasteiger partial charge in [-0.3, -0.25) is 9.79 Å². The summed E-state index contributed by atoms with van der Waals surface area (Å²) in [5.74, 6) is 0.195. The predicted octanol–water partition coefficient (Wildman–Crippen LogP) is 4.70. The summed E-state index contributed by atoms with van der Waals surface area (Å²) in [4.78, 5) is 21.9. The van der Waals surface area contributed by atoms with Gasteiger partial charge in [0.15, 0.2) is 0 Å². The van der Waals surface area contributed by atoms with Gasteiger partial charge >= 0.3 is 7.82 Å². The van der Waals surface area contributed by atoms with Crippen LogP contribution in [0.4, 0.5) is 11.4 Å². The fourth-order valence-corrected chi connectivity index (χ4v) is 6.55. The highest BCUT2D eigenvalue weighted by Crippen LogP contribution is 2.51. The SMILES string of the molecule is CC1(/C(C#N)=C/c2cc3c4c(c2OP(=O)(O)O)CCCN4CCC3)Nc2ccccc2S1. The number of phosphoric acid groups is 1. The smallest absolute Gasteiger partial charge is 0.403 e. The first-order valence-corrected chi connectivity index (χ1v) is 13.0. The summed E-state index contributed by atoms with van der Waals surface area (Å²) in [7, 11) is -4.78. The van der Waals surface area contributed by atoms with E-state index >= 15 is 0 Å². The molecule has 0 radical (unpaired) electrons. The number of nitrogens with one attached hydrogen (secondary N) is 1. The van der Waals surface area contributed by atoms with E-state index in [0.717, 1.165) is 59.7 Å². The Balaban J connectivity index is 1.65. The van der Waals surface area contributed by atoms with Crippen LogP contribution in [0.2, 0.25) is 0 Å². The molecule has 0 aromatic heterocycles. The molecule has 3 aliphatic rings. The summed E-state index contributed by atoms with van der Waals surface area (Å²) in [6.07, 6.45) is 5.23. The average Bonchev–Trinajstić information content (AvgIpc) is 3.10. The fourth-order valence-electron chi connectivity index (χ4n) is 4.91. The second-order valence-electron chi connectivity index (χ2n) is 8.48. The van der Waals surface area contributed by atoms with Crippen molar-refractivity contribution in [2.24, 2.45) is 0 Å². The number of rotatable bonds is 4. The van der Waals surface area contributed by atoms with E-state index in [1.165, 1.54) is 0 Å². The largest absolute Gasteiger partial charge is 0.524 e. The first kappa shape index (κ1) is 21.4. The third-order valence-corrected chi connectivity index (χ3v) is 7.95. The van der Waals surface area contributed by atoms with Gasteiger partial charge in [0.05, 0.1) is 11.6 Å². The summed E-state index contributed by atoms with van der Waals surface area (Å²) >= 11 is 1.56. The van der Waals surface area contributed by atoms with Crippen LogP contribution >= 0.6 is 19.6 Å². The van der Waals surface area contributed by atoms with Crippen molar-refractivity contribution in [3.05, 3.63) is 52.6 Å². The quantitative estimate of drug-likeness (QED) is 0.437. The number of para-hydroxylation sites is 1. The Labute approximate surface area is 191 Å². The molecule has 9 heteroatoms. The minimum absolute atomic E-state index is 0.195. The van der Waals surface area contributed by atoms with Crippen LogP contribution in [-0.4, -0.2) is 27.7 Å². The fraction of sp³-hybridized carbons (Fsp3) is 0.348. The second-order valence-corrected chi connectivity index (χ2v) is 11.1. The van der Waals surface area contributed by atoms with Gasteiger partial charge in [0.1, 0.15) is 10.6 Å². The number of nitrogens with zero attached hydrogens (tertiary/aromatic N) is 2. The molecule has 3 N–H and O–H groups in total. The highest BCUT2D eigenvalue weighted by atomic mass is 32.2. The number of aryl methyl sites for hydroxylation is 1. The van der Waals surface area contributed by atoms with Crippen molar-refractivity contribution in [1.29, 1.82) is 5.26 Å². The van der Waals surface area contributed by atoms with Crippen molar-refractivity contribution in [3.8, 4) is 11.8 Å². The number of anilines is 2. The normalized spacial score (nSPS) is 21.9. The first-order valence-electron chi connectivity index (χ1n) is 10.6. The van der Waals surface area contributed by atoms with Gasteiger partial charge in [-0.05, 0) is 62.4 Å². The standard InChI is InChI=1S/C23H24N3O4PS/c1-23(25-19-8-2-3-9-20(19)32-23)17(14-24)13-16-12-15-6-4-10-26-11-5-7-18(21(15)26)22(16)30-31(27,28)29/h2-3,8-9,12-13,25H,4-7,10-11H2,1H3,(H2,27,28,29)/b17-13+. The number of nitriles is 1. The van der Waals surface area contributed by atoms with Crippen LogP contribution in [0.15, 0.2) is 40.8 Å². The topological polar surface area (TPSA) is 106 Å². The molecule has 3 aliphatic heterocycles. The van der Waals surface area contributed by atoms with Crippen LogP contribution in [0.1, 0.15) is 36.5 Å². The van der Waals surface area contributed by atoms with E-state index in [1.807, 2.05) is 37.3 Å².